The molecule has 0 aliphatic heterocycles. The molecular weight excluding hydrogens is 250 g/mol. The van der Waals surface area contributed by atoms with Gasteiger partial charge in [-0.3, -0.25) is 0 Å². The summed E-state index contributed by atoms with van der Waals surface area (Å²) in [5.74, 6) is 0.235. The molecule has 92 valence electrons. The lowest BCUT2D eigenvalue weighted by Crippen LogP contribution is -2.29. The maximum atomic E-state index is 11.7. The van der Waals surface area contributed by atoms with Crippen LogP contribution in [0.25, 0.3) is 0 Å². The summed E-state index contributed by atoms with van der Waals surface area (Å²) < 4.78 is 30.8. The van der Waals surface area contributed by atoms with Crippen LogP contribution in [-0.2, 0) is 16.6 Å². The first-order valence-electron chi connectivity index (χ1n) is 4.71. The van der Waals surface area contributed by atoms with Gasteiger partial charge in [0, 0.05) is 11.8 Å². The molecule has 1 atom stereocenters. The second-order valence-electron chi connectivity index (χ2n) is 3.28. The zero-order valence-electron chi connectivity index (χ0n) is 9.13. The number of furan rings is 1. The van der Waals surface area contributed by atoms with Gasteiger partial charge in [-0.1, -0.05) is 6.92 Å². The smallest absolute Gasteiger partial charge is 0.273 e. The molecular formula is C9H15NO4S2. The van der Waals surface area contributed by atoms with E-state index in [9.17, 15) is 8.42 Å². The van der Waals surface area contributed by atoms with E-state index in [4.69, 9.17) is 9.52 Å². The molecule has 16 heavy (non-hydrogen) atoms. The normalized spacial score (nSPS) is 13.9. The number of thioether (sulfide) groups is 1. The predicted molar refractivity (Wildman–Crippen MR) is 62.8 cm³/mol. The molecule has 1 unspecified atom stereocenters. The third-order valence-corrected chi connectivity index (χ3v) is 4.29. The Morgan fingerprint density at radius 2 is 2.25 bits per heavy atom. The molecule has 0 radical (unpaired) electrons. The fourth-order valence-corrected chi connectivity index (χ4v) is 2.40. The summed E-state index contributed by atoms with van der Waals surface area (Å²) in [5, 5.41) is 8.79. The summed E-state index contributed by atoms with van der Waals surface area (Å²) in [5.41, 5.74) is 0. The lowest BCUT2D eigenvalue weighted by Gasteiger charge is -2.08. The number of sulfonamides is 1. The molecule has 0 amide bonds. The summed E-state index contributed by atoms with van der Waals surface area (Å²) >= 11 is 1.57. The lowest BCUT2D eigenvalue weighted by molar-refractivity contribution is 0.236. The van der Waals surface area contributed by atoms with Crippen molar-refractivity contribution in [1.29, 1.82) is 0 Å². The lowest BCUT2D eigenvalue weighted by atomic mass is 10.5. The molecule has 0 aromatic carbocycles. The number of hydrogen-bond donors (Lipinski definition) is 2. The molecule has 1 heterocycles. The minimum Gasteiger partial charge on any atom is -0.446 e. The molecule has 0 bridgehead atoms. The van der Waals surface area contributed by atoms with Crippen LogP contribution in [0.4, 0.5) is 0 Å². The van der Waals surface area contributed by atoms with Crippen molar-refractivity contribution in [3.05, 3.63) is 17.9 Å². The van der Waals surface area contributed by atoms with Gasteiger partial charge in [0.1, 0.15) is 12.4 Å². The van der Waals surface area contributed by atoms with Crippen LogP contribution in [0.1, 0.15) is 12.7 Å². The van der Waals surface area contributed by atoms with Gasteiger partial charge >= 0.3 is 0 Å². The first kappa shape index (κ1) is 13.6. The summed E-state index contributed by atoms with van der Waals surface area (Å²) in [4.78, 5) is 0. The van der Waals surface area contributed by atoms with Crippen molar-refractivity contribution >= 4 is 21.8 Å². The largest absolute Gasteiger partial charge is 0.446 e. The minimum absolute atomic E-state index is 0.162. The molecule has 0 saturated carbocycles. The van der Waals surface area contributed by atoms with E-state index in [0.29, 0.717) is 6.54 Å². The summed E-state index contributed by atoms with van der Waals surface area (Å²) in [7, 11) is -3.60. The predicted octanol–water partition coefficient (Wildman–Crippen LogP) is 0.802. The van der Waals surface area contributed by atoms with Crippen LogP contribution in [0.3, 0.4) is 0 Å². The van der Waals surface area contributed by atoms with Gasteiger partial charge in [0.25, 0.3) is 10.0 Å². The average molecular weight is 265 g/mol. The molecule has 0 saturated heterocycles. The van der Waals surface area contributed by atoms with E-state index < -0.39 is 10.0 Å². The number of hydrogen-bond acceptors (Lipinski definition) is 5. The highest BCUT2D eigenvalue weighted by Gasteiger charge is 2.18. The molecule has 0 aliphatic carbocycles. The monoisotopic (exact) mass is 265 g/mol. The Balaban J connectivity index is 2.70. The Hall–Kier alpha value is -0.500. The van der Waals surface area contributed by atoms with Gasteiger partial charge in [-0.25, -0.2) is 13.1 Å². The van der Waals surface area contributed by atoms with Gasteiger partial charge in [-0.15, -0.1) is 0 Å². The Morgan fingerprint density at radius 1 is 1.56 bits per heavy atom. The first-order valence-corrected chi connectivity index (χ1v) is 7.48. The topological polar surface area (TPSA) is 79.5 Å². The third-order valence-electron chi connectivity index (χ3n) is 2.02. The highest BCUT2D eigenvalue weighted by molar-refractivity contribution is 7.99. The second kappa shape index (κ2) is 5.72. The minimum atomic E-state index is -3.60. The van der Waals surface area contributed by atoms with Crippen molar-refractivity contribution in [1.82, 2.24) is 4.72 Å². The summed E-state index contributed by atoms with van der Waals surface area (Å²) in [6.07, 6.45) is 1.91. The van der Waals surface area contributed by atoms with Crippen LogP contribution in [0.5, 0.6) is 0 Å². The standard InChI is InChI=1S/C9H15NO4S2/c1-7(15-2)5-10-16(12,13)9-4-3-8(6-11)14-9/h3-4,7,10-11H,5-6H2,1-2H3. The molecule has 0 aliphatic rings. The van der Waals surface area contributed by atoms with Crippen LogP contribution >= 0.6 is 11.8 Å². The SMILES string of the molecule is CSC(C)CNS(=O)(=O)c1ccc(CO)o1. The Labute approximate surface area is 99.3 Å². The molecule has 1 aromatic rings. The maximum Gasteiger partial charge on any atom is 0.273 e. The zero-order valence-corrected chi connectivity index (χ0v) is 10.8. The highest BCUT2D eigenvalue weighted by Crippen LogP contribution is 2.14. The first-order chi connectivity index (χ1) is 7.49. The van der Waals surface area contributed by atoms with Gasteiger partial charge in [-0.2, -0.15) is 11.8 Å². The van der Waals surface area contributed by atoms with Gasteiger partial charge < -0.3 is 9.52 Å². The van der Waals surface area contributed by atoms with E-state index in [2.05, 4.69) is 4.72 Å². The van der Waals surface area contributed by atoms with Gasteiger partial charge in [0.15, 0.2) is 0 Å². The quantitative estimate of drug-likeness (QED) is 0.795. The fourth-order valence-electron chi connectivity index (χ4n) is 0.969. The van der Waals surface area contributed by atoms with Crippen LogP contribution < -0.4 is 4.72 Å². The van der Waals surface area contributed by atoms with E-state index in [0.717, 1.165) is 0 Å². The Morgan fingerprint density at radius 3 is 2.75 bits per heavy atom. The molecule has 5 nitrogen and oxygen atoms in total. The highest BCUT2D eigenvalue weighted by atomic mass is 32.2. The summed E-state index contributed by atoms with van der Waals surface area (Å²) in [6, 6.07) is 2.77. The second-order valence-corrected chi connectivity index (χ2v) is 6.25. The van der Waals surface area contributed by atoms with Crippen LogP contribution in [0.2, 0.25) is 0 Å². The Kier molecular flexibility index (Phi) is 4.85. The molecule has 7 heteroatoms. The van der Waals surface area contributed by atoms with Crippen LogP contribution in [0, 0.1) is 0 Å². The van der Waals surface area contributed by atoms with E-state index in [1.165, 1.54) is 12.1 Å². The number of aliphatic hydroxyl groups is 1. The Bertz CT molecular complexity index is 426. The van der Waals surface area contributed by atoms with Gasteiger partial charge in [0.2, 0.25) is 5.09 Å². The summed E-state index contributed by atoms with van der Waals surface area (Å²) in [6.45, 7) is 1.96. The van der Waals surface area contributed by atoms with Crippen molar-refractivity contribution in [2.75, 3.05) is 12.8 Å². The van der Waals surface area contributed by atoms with Crippen molar-refractivity contribution in [3.63, 3.8) is 0 Å². The number of rotatable bonds is 6. The molecule has 0 spiro atoms. The molecule has 1 rings (SSSR count). The van der Waals surface area contributed by atoms with E-state index in [-0.39, 0.29) is 22.7 Å². The van der Waals surface area contributed by atoms with Gasteiger partial charge in [-0.05, 0) is 18.4 Å². The van der Waals surface area contributed by atoms with Crippen molar-refractivity contribution < 1.29 is 17.9 Å². The van der Waals surface area contributed by atoms with Gasteiger partial charge in [0.05, 0.1) is 0 Å². The third kappa shape index (κ3) is 3.51. The molecule has 1 aromatic heterocycles. The fraction of sp³-hybridized carbons (Fsp3) is 0.556. The zero-order chi connectivity index (χ0) is 12.2. The van der Waals surface area contributed by atoms with Crippen molar-refractivity contribution in [2.24, 2.45) is 0 Å². The van der Waals surface area contributed by atoms with Crippen molar-refractivity contribution in [2.45, 2.75) is 23.9 Å². The van der Waals surface area contributed by atoms with E-state index in [1.807, 2.05) is 13.2 Å². The van der Waals surface area contributed by atoms with Crippen molar-refractivity contribution in [3.8, 4) is 0 Å². The van der Waals surface area contributed by atoms with E-state index in [1.54, 1.807) is 11.8 Å². The van der Waals surface area contributed by atoms with Crippen LogP contribution in [-0.4, -0.2) is 31.6 Å². The number of nitrogens with one attached hydrogen (secondary N) is 1. The maximum absolute atomic E-state index is 11.7. The van der Waals surface area contributed by atoms with E-state index >= 15 is 0 Å². The van der Waals surface area contributed by atoms with Crippen LogP contribution in [0.15, 0.2) is 21.6 Å². The average Bonchev–Trinajstić information content (AvgIpc) is 2.75. The molecule has 0 fully saturated rings. The molecule has 2 N–H and O–H groups in total. The number of aliphatic hydroxyl groups excluding tert-OH is 1.